The van der Waals surface area contributed by atoms with Crippen molar-refractivity contribution in [1.82, 2.24) is 19.9 Å². The number of halogens is 2. The quantitative estimate of drug-likeness (QED) is 0.348. The lowest BCUT2D eigenvalue weighted by Crippen LogP contribution is -2.23. The fourth-order valence-corrected chi connectivity index (χ4v) is 5.13. The number of fused-ring (bicyclic) bond motifs is 1. The summed E-state index contributed by atoms with van der Waals surface area (Å²) in [7, 11) is 0. The zero-order chi connectivity index (χ0) is 24.2. The van der Waals surface area contributed by atoms with Crippen molar-refractivity contribution in [3.8, 4) is 11.5 Å². The minimum Gasteiger partial charge on any atom is -0.380 e. The number of oxime groups is 1. The van der Waals surface area contributed by atoms with Gasteiger partial charge in [0.15, 0.2) is 0 Å². The molecule has 6 rings (SSSR count). The van der Waals surface area contributed by atoms with Gasteiger partial charge >= 0.3 is 0 Å². The van der Waals surface area contributed by atoms with Gasteiger partial charge in [-0.2, -0.15) is 10.1 Å². The molecule has 0 spiro atoms. The van der Waals surface area contributed by atoms with Crippen LogP contribution in [0.5, 0.6) is 0 Å². The summed E-state index contributed by atoms with van der Waals surface area (Å²) in [4.78, 5) is 10.0. The average molecular weight is 478 g/mol. The maximum atomic E-state index is 14.2. The molecule has 2 aromatic carbocycles. The molecule has 0 amide bonds. The van der Waals surface area contributed by atoms with Crippen LogP contribution in [0.3, 0.4) is 0 Å². The Bertz CT molecular complexity index is 1430. The second-order valence-electron chi connectivity index (χ2n) is 9.47. The molecule has 1 aliphatic heterocycles. The van der Waals surface area contributed by atoms with Crippen molar-refractivity contribution in [3.05, 3.63) is 65.1 Å². The molecular formula is C26H25F2N5O2. The largest absolute Gasteiger partial charge is 0.380 e. The van der Waals surface area contributed by atoms with Gasteiger partial charge in [0.05, 0.1) is 23.0 Å². The standard InChI is InChI=1S/C26H25F2N5O2/c1-3-20-17-12-11-15(13-22(17)33(30-20)16-7-4-5-8-16)21-14-26(2,35-31-21)25-29-24(34-32-25)23-18(27)9-6-10-19(23)28/h6,9-13,16H,3-5,7-8,14H2,1-2H3. The molecule has 2 aromatic heterocycles. The lowest BCUT2D eigenvalue weighted by atomic mass is 9.94. The van der Waals surface area contributed by atoms with Gasteiger partial charge in [0.25, 0.3) is 5.89 Å². The van der Waals surface area contributed by atoms with E-state index in [0.29, 0.717) is 12.5 Å². The summed E-state index contributed by atoms with van der Waals surface area (Å²) in [5.41, 5.74) is 2.52. The third-order valence-corrected chi connectivity index (χ3v) is 7.06. The maximum absolute atomic E-state index is 14.2. The molecule has 1 aliphatic carbocycles. The number of aromatic nitrogens is 4. The molecule has 3 heterocycles. The first-order valence-corrected chi connectivity index (χ1v) is 12.0. The highest BCUT2D eigenvalue weighted by atomic mass is 19.1. The van der Waals surface area contributed by atoms with Gasteiger partial charge in [0.1, 0.15) is 17.2 Å². The summed E-state index contributed by atoms with van der Waals surface area (Å²) in [5.74, 6) is -1.59. The van der Waals surface area contributed by atoms with E-state index in [9.17, 15) is 8.78 Å². The summed E-state index contributed by atoms with van der Waals surface area (Å²) in [6.07, 6.45) is 6.02. The van der Waals surface area contributed by atoms with Crippen LogP contribution in [0.4, 0.5) is 8.78 Å². The Balaban J connectivity index is 1.30. The van der Waals surface area contributed by atoms with Gasteiger partial charge in [-0.1, -0.05) is 48.3 Å². The molecular weight excluding hydrogens is 452 g/mol. The van der Waals surface area contributed by atoms with Crippen LogP contribution in [0.15, 0.2) is 46.1 Å². The number of rotatable bonds is 5. The van der Waals surface area contributed by atoms with E-state index in [4.69, 9.17) is 14.5 Å². The van der Waals surface area contributed by atoms with Gasteiger partial charge in [0.2, 0.25) is 11.4 Å². The molecule has 1 saturated carbocycles. The molecule has 0 bridgehead atoms. The maximum Gasteiger partial charge on any atom is 0.264 e. The van der Waals surface area contributed by atoms with Gasteiger partial charge in [-0.3, -0.25) is 4.68 Å². The second-order valence-corrected chi connectivity index (χ2v) is 9.47. The van der Waals surface area contributed by atoms with E-state index in [-0.39, 0.29) is 17.3 Å². The molecule has 1 fully saturated rings. The molecule has 35 heavy (non-hydrogen) atoms. The van der Waals surface area contributed by atoms with Crippen LogP contribution in [-0.2, 0) is 16.9 Å². The predicted molar refractivity (Wildman–Crippen MR) is 126 cm³/mol. The smallest absolute Gasteiger partial charge is 0.264 e. The molecule has 0 saturated heterocycles. The average Bonchev–Trinajstić information content (AvgIpc) is 3.64. The van der Waals surface area contributed by atoms with Crippen molar-refractivity contribution in [2.24, 2.45) is 5.16 Å². The number of nitrogens with zero attached hydrogens (tertiary/aromatic N) is 5. The minimum atomic E-state index is -1.02. The summed E-state index contributed by atoms with van der Waals surface area (Å²) >= 11 is 0. The number of aryl methyl sites for hydroxylation is 1. The molecule has 9 heteroatoms. The fraction of sp³-hybridized carbons (Fsp3) is 0.385. The molecule has 7 nitrogen and oxygen atoms in total. The van der Waals surface area contributed by atoms with Crippen LogP contribution in [0.1, 0.15) is 69.1 Å². The van der Waals surface area contributed by atoms with Crippen LogP contribution in [0.25, 0.3) is 22.4 Å². The lowest BCUT2D eigenvalue weighted by molar-refractivity contribution is -0.0159. The van der Waals surface area contributed by atoms with Crippen LogP contribution in [0.2, 0.25) is 0 Å². The van der Waals surface area contributed by atoms with Crippen molar-refractivity contribution in [1.29, 1.82) is 0 Å². The predicted octanol–water partition coefficient (Wildman–Crippen LogP) is 6.08. The Morgan fingerprint density at radius 2 is 1.89 bits per heavy atom. The Morgan fingerprint density at radius 1 is 1.11 bits per heavy atom. The van der Waals surface area contributed by atoms with Crippen molar-refractivity contribution < 1.29 is 18.1 Å². The lowest BCUT2D eigenvalue weighted by Gasteiger charge is -2.16. The molecule has 1 atom stereocenters. The highest BCUT2D eigenvalue weighted by Crippen LogP contribution is 2.38. The van der Waals surface area contributed by atoms with Gasteiger partial charge < -0.3 is 9.36 Å². The van der Waals surface area contributed by atoms with Crippen molar-refractivity contribution >= 4 is 16.6 Å². The Hall–Kier alpha value is -3.62. The van der Waals surface area contributed by atoms with Crippen LogP contribution in [0, 0.1) is 11.6 Å². The van der Waals surface area contributed by atoms with Gasteiger partial charge in [0, 0.05) is 17.4 Å². The fourth-order valence-electron chi connectivity index (χ4n) is 5.13. The molecule has 0 radical (unpaired) electrons. The van der Waals surface area contributed by atoms with E-state index in [0.717, 1.165) is 53.9 Å². The van der Waals surface area contributed by atoms with Gasteiger partial charge in [-0.25, -0.2) is 8.78 Å². The zero-order valence-electron chi connectivity index (χ0n) is 19.6. The molecule has 4 aromatic rings. The summed E-state index contributed by atoms with van der Waals surface area (Å²) in [6, 6.07) is 10.3. The van der Waals surface area contributed by atoms with E-state index in [1.54, 1.807) is 6.92 Å². The van der Waals surface area contributed by atoms with E-state index < -0.39 is 17.2 Å². The SMILES string of the molecule is CCc1nn(C2CCCC2)c2cc(C3=NOC(C)(c4noc(-c5c(F)cccc5F)n4)C3)ccc12. The van der Waals surface area contributed by atoms with Crippen LogP contribution >= 0.6 is 0 Å². The van der Waals surface area contributed by atoms with E-state index in [2.05, 4.69) is 39.0 Å². The van der Waals surface area contributed by atoms with Gasteiger partial charge in [-0.05, 0) is 44.4 Å². The molecule has 180 valence electrons. The van der Waals surface area contributed by atoms with Gasteiger partial charge in [-0.15, -0.1) is 0 Å². The van der Waals surface area contributed by atoms with Crippen molar-refractivity contribution in [2.75, 3.05) is 0 Å². The van der Waals surface area contributed by atoms with Crippen molar-refractivity contribution in [2.45, 2.75) is 64.0 Å². The number of benzene rings is 2. The zero-order valence-corrected chi connectivity index (χ0v) is 19.6. The van der Waals surface area contributed by atoms with E-state index >= 15 is 0 Å². The van der Waals surface area contributed by atoms with Crippen LogP contribution in [-0.4, -0.2) is 25.6 Å². The third-order valence-electron chi connectivity index (χ3n) is 7.06. The molecule has 2 aliphatic rings. The number of hydrogen-bond acceptors (Lipinski definition) is 6. The number of hydrogen-bond donors (Lipinski definition) is 0. The van der Waals surface area contributed by atoms with Crippen molar-refractivity contribution in [3.63, 3.8) is 0 Å². The second kappa shape index (κ2) is 8.25. The first kappa shape index (κ1) is 21.9. The monoisotopic (exact) mass is 477 g/mol. The molecule has 1 unspecified atom stereocenters. The Labute approximate surface area is 200 Å². The minimum absolute atomic E-state index is 0.180. The normalized spacial score (nSPS) is 20.5. The topological polar surface area (TPSA) is 78.3 Å². The summed E-state index contributed by atoms with van der Waals surface area (Å²) < 4.78 is 35.7. The Morgan fingerprint density at radius 3 is 2.63 bits per heavy atom. The van der Waals surface area contributed by atoms with E-state index in [1.807, 2.05) is 6.07 Å². The highest BCUT2D eigenvalue weighted by Gasteiger charge is 2.42. The highest BCUT2D eigenvalue weighted by molar-refractivity contribution is 6.04. The third kappa shape index (κ3) is 3.61. The summed E-state index contributed by atoms with van der Waals surface area (Å²) in [5, 5.41) is 14.4. The van der Waals surface area contributed by atoms with Crippen LogP contribution < -0.4 is 0 Å². The molecule has 0 N–H and O–H groups in total. The first-order valence-electron chi connectivity index (χ1n) is 12.0. The Kier molecular flexibility index (Phi) is 5.16. The van der Waals surface area contributed by atoms with E-state index in [1.165, 1.54) is 24.3 Å². The summed E-state index contributed by atoms with van der Waals surface area (Å²) in [6.45, 7) is 3.91. The first-order chi connectivity index (χ1) is 17.0.